The summed E-state index contributed by atoms with van der Waals surface area (Å²) in [6.07, 6.45) is 7.19. The van der Waals surface area contributed by atoms with Crippen molar-refractivity contribution in [3.63, 3.8) is 0 Å². The van der Waals surface area contributed by atoms with E-state index in [2.05, 4.69) is 47.6 Å². The molecule has 5 unspecified atom stereocenters. The van der Waals surface area contributed by atoms with Gasteiger partial charge in [0.25, 0.3) is 0 Å². The highest BCUT2D eigenvalue weighted by molar-refractivity contribution is 5.33. The highest BCUT2D eigenvalue weighted by Gasteiger charge is 2.67. The smallest absolute Gasteiger partial charge is 0.0985 e. The van der Waals surface area contributed by atoms with Crippen LogP contribution >= 0.6 is 0 Å². The second kappa shape index (κ2) is 8.32. The van der Waals surface area contributed by atoms with Crippen molar-refractivity contribution in [2.75, 3.05) is 0 Å². The molecule has 0 aromatic rings. The number of aliphatic hydroxyl groups is 4. The van der Waals surface area contributed by atoms with E-state index in [1.807, 2.05) is 6.92 Å². The van der Waals surface area contributed by atoms with E-state index in [0.717, 1.165) is 32.1 Å². The van der Waals surface area contributed by atoms with E-state index in [9.17, 15) is 20.4 Å². The highest BCUT2D eigenvalue weighted by atomic mass is 16.3. The topological polar surface area (TPSA) is 80.9 Å². The Morgan fingerprint density at radius 1 is 1.06 bits per heavy atom. The van der Waals surface area contributed by atoms with Crippen molar-refractivity contribution in [2.24, 2.45) is 46.3 Å². The van der Waals surface area contributed by atoms with Crippen LogP contribution in [-0.4, -0.2) is 43.8 Å². The summed E-state index contributed by atoms with van der Waals surface area (Å²) in [5, 5.41) is 45.0. The summed E-state index contributed by atoms with van der Waals surface area (Å²) in [4.78, 5) is 0. The highest BCUT2D eigenvalue weighted by Crippen LogP contribution is 2.68. The third-order valence-corrected chi connectivity index (χ3v) is 11.7. The molecule has 3 saturated carbocycles. The molecule has 0 heterocycles. The molecule has 0 radical (unpaired) electrons. The van der Waals surface area contributed by atoms with Crippen molar-refractivity contribution in [3.8, 4) is 0 Å². The van der Waals surface area contributed by atoms with Crippen molar-refractivity contribution < 1.29 is 20.4 Å². The first kappa shape index (κ1) is 25.7. The van der Waals surface area contributed by atoms with E-state index in [4.69, 9.17) is 0 Å². The van der Waals surface area contributed by atoms with Crippen molar-refractivity contribution >= 4 is 0 Å². The summed E-state index contributed by atoms with van der Waals surface area (Å²) in [7, 11) is 0. The molecule has 0 amide bonds. The first-order valence-corrected chi connectivity index (χ1v) is 13.7. The van der Waals surface area contributed by atoms with Gasteiger partial charge >= 0.3 is 0 Å². The summed E-state index contributed by atoms with van der Waals surface area (Å²) in [5.41, 5.74) is -1.19. The van der Waals surface area contributed by atoms with E-state index in [1.165, 1.54) is 5.57 Å². The second-order valence-corrected chi connectivity index (χ2v) is 13.7. The van der Waals surface area contributed by atoms with Gasteiger partial charge in [0.05, 0.1) is 23.4 Å². The first-order valence-electron chi connectivity index (χ1n) is 13.7. The molecular formula is C29H50O4. The van der Waals surface area contributed by atoms with Gasteiger partial charge in [-0.1, -0.05) is 47.6 Å². The molecular weight excluding hydrogens is 412 g/mol. The molecule has 4 aliphatic rings. The maximum absolute atomic E-state index is 11.8. The number of hydrogen-bond acceptors (Lipinski definition) is 4. The summed E-state index contributed by atoms with van der Waals surface area (Å²) >= 11 is 0. The molecule has 4 aliphatic carbocycles. The van der Waals surface area contributed by atoms with Crippen LogP contribution < -0.4 is 0 Å². The van der Waals surface area contributed by atoms with Crippen LogP contribution in [0.2, 0.25) is 0 Å². The lowest BCUT2D eigenvalue weighted by molar-refractivity contribution is -0.263. The minimum atomic E-state index is -1.19. The monoisotopic (exact) mass is 462 g/mol. The molecule has 0 bridgehead atoms. The second-order valence-electron chi connectivity index (χ2n) is 13.7. The Hall–Kier alpha value is -0.420. The zero-order valence-corrected chi connectivity index (χ0v) is 22.1. The van der Waals surface area contributed by atoms with Gasteiger partial charge in [0, 0.05) is 11.8 Å². The summed E-state index contributed by atoms with van der Waals surface area (Å²) < 4.78 is 0. The van der Waals surface area contributed by atoms with Crippen LogP contribution in [-0.2, 0) is 0 Å². The molecule has 0 saturated heterocycles. The molecule has 0 aromatic carbocycles. The zero-order chi connectivity index (χ0) is 24.6. The number of allylic oxidation sites excluding steroid dienone is 1. The van der Waals surface area contributed by atoms with Crippen LogP contribution in [0.1, 0.15) is 99.8 Å². The minimum absolute atomic E-state index is 0.0504. The molecule has 190 valence electrons. The molecule has 4 rings (SSSR count). The van der Waals surface area contributed by atoms with E-state index >= 15 is 0 Å². The number of fused-ring (bicyclic) bond motifs is 5. The maximum atomic E-state index is 11.8. The summed E-state index contributed by atoms with van der Waals surface area (Å²) in [5.74, 6) is 2.71. The van der Waals surface area contributed by atoms with Crippen molar-refractivity contribution in [1.29, 1.82) is 0 Å². The van der Waals surface area contributed by atoms with Gasteiger partial charge in [0.2, 0.25) is 0 Å². The SMILES string of the molecule is CC(C)C(C)C(C)C[C@@](C)(O)C1=CCC2C3C[C@@H](O)[C@@]4(O)C[C@@H](O)CC[C@]4(C)C3CC[C@]12C. The van der Waals surface area contributed by atoms with Gasteiger partial charge in [-0.05, 0) is 98.4 Å². The third-order valence-electron chi connectivity index (χ3n) is 11.7. The molecule has 4 heteroatoms. The molecule has 0 aliphatic heterocycles. The lowest BCUT2D eigenvalue weighted by Gasteiger charge is -2.65. The van der Waals surface area contributed by atoms with Gasteiger partial charge in [0.15, 0.2) is 0 Å². The number of aliphatic hydroxyl groups excluding tert-OH is 2. The quantitative estimate of drug-likeness (QED) is 0.430. The lowest BCUT2D eigenvalue weighted by atomic mass is 9.42. The minimum Gasteiger partial charge on any atom is -0.393 e. The van der Waals surface area contributed by atoms with Gasteiger partial charge in [-0.2, -0.15) is 0 Å². The lowest BCUT2D eigenvalue weighted by Crippen LogP contribution is -2.68. The fraction of sp³-hybridized carbons (Fsp3) is 0.931. The van der Waals surface area contributed by atoms with Gasteiger partial charge in [-0.25, -0.2) is 0 Å². The first-order chi connectivity index (χ1) is 15.2. The van der Waals surface area contributed by atoms with E-state index < -0.39 is 23.4 Å². The Morgan fingerprint density at radius 2 is 1.73 bits per heavy atom. The average molecular weight is 463 g/mol. The van der Waals surface area contributed by atoms with E-state index in [1.54, 1.807) is 0 Å². The Balaban J connectivity index is 1.58. The van der Waals surface area contributed by atoms with Crippen molar-refractivity contribution in [3.05, 3.63) is 11.6 Å². The fourth-order valence-electron chi connectivity index (χ4n) is 9.24. The predicted molar refractivity (Wildman–Crippen MR) is 132 cm³/mol. The number of rotatable bonds is 5. The van der Waals surface area contributed by atoms with Crippen molar-refractivity contribution in [2.45, 2.75) is 123 Å². The molecule has 11 atom stereocenters. The largest absolute Gasteiger partial charge is 0.393 e. The Morgan fingerprint density at radius 3 is 2.36 bits per heavy atom. The van der Waals surface area contributed by atoms with Gasteiger partial charge in [-0.3, -0.25) is 0 Å². The molecule has 0 spiro atoms. The molecule has 4 nitrogen and oxygen atoms in total. The Bertz CT molecular complexity index is 774. The van der Waals surface area contributed by atoms with Crippen molar-refractivity contribution in [1.82, 2.24) is 0 Å². The van der Waals surface area contributed by atoms with Gasteiger partial charge in [-0.15, -0.1) is 0 Å². The van der Waals surface area contributed by atoms with Crippen LogP contribution in [0.15, 0.2) is 11.6 Å². The third kappa shape index (κ3) is 3.77. The van der Waals surface area contributed by atoms with Crippen LogP contribution in [0.25, 0.3) is 0 Å². The molecule has 33 heavy (non-hydrogen) atoms. The summed E-state index contributed by atoms with van der Waals surface area (Å²) in [6.45, 7) is 15.7. The van der Waals surface area contributed by atoms with Crippen LogP contribution in [0, 0.1) is 46.3 Å². The Labute approximate surface area is 201 Å². The van der Waals surface area contributed by atoms with Gasteiger partial charge < -0.3 is 20.4 Å². The molecule has 4 N–H and O–H groups in total. The fourth-order valence-corrected chi connectivity index (χ4v) is 9.24. The zero-order valence-electron chi connectivity index (χ0n) is 22.1. The summed E-state index contributed by atoms with van der Waals surface area (Å²) in [6, 6.07) is 0. The maximum Gasteiger partial charge on any atom is 0.0985 e. The van der Waals surface area contributed by atoms with E-state index in [-0.39, 0.29) is 10.8 Å². The van der Waals surface area contributed by atoms with Gasteiger partial charge in [0.1, 0.15) is 0 Å². The average Bonchev–Trinajstić information content (AvgIpc) is 3.08. The normalized spacial score (nSPS) is 48.8. The van der Waals surface area contributed by atoms with Crippen LogP contribution in [0.3, 0.4) is 0 Å². The van der Waals surface area contributed by atoms with Crippen LogP contribution in [0.5, 0.6) is 0 Å². The molecule has 0 aromatic heterocycles. The standard InChI is InChI=1S/C29H50O4/c1-17(2)19(4)18(3)15-28(7,32)24-9-8-22-21-14-25(31)29(33)16-20(30)10-13-27(29,6)23(21)11-12-26(22,24)5/h9,17-23,25,30-33H,8,10-16H2,1-7H3/t18?,19?,20-,21?,22?,23?,25+,26-,27+,28+,29-/m0/s1. The molecule has 3 fully saturated rings. The predicted octanol–water partition coefficient (Wildman–Crippen LogP) is 5.08. The van der Waals surface area contributed by atoms with E-state index in [0.29, 0.717) is 54.8 Å². The Kier molecular flexibility index (Phi) is 6.47. The van der Waals surface area contributed by atoms with Crippen LogP contribution in [0.4, 0.5) is 0 Å². The number of hydrogen-bond donors (Lipinski definition) is 4.